The first-order chi connectivity index (χ1) is 15.6. The quantitative estimate of drug-likeness (QED) is 0.465. The van der Waals surface area contributed by atoms with Crippen molar-refractivity contribution in [1.82, 2.24) is 4.98 Å². The fourth-order valence-corrected chi connectivity index (χ4v) is 5.10. The topological polar surface area (TPSA) is 96.8 Å². The molecule has 34 heavy (non-hydrogen) atoms. The van der Waals surface area contributed by atoms with E-state index >= 15 is 0 Å². The second kappa shape index (κ2) is 8.91. The second-order valence-electron chi connectivity index (χ2n) is 7.91. The zero-order valence-corrected chi connectivity index (χ0v) is 20.2. The Kier molecular flexibility index (Phi) is 6.68. The number of hydrogen-bond donors (Lipinski definition) is 1. The first-order valence-electron chi connectivity index (χ1n) is 9.78. The van der Waals surface area contributed by atoms with E-state index in [4.69, 9.17) is 4.74 Å². The zero-order valence-electron chi connectivity index (χ0n) is 18.5. The van der Waals surface area contributed by atoms with Gasteiger partial charge in [-0.3, -0.25) is 0 Å². The highest BCUT2D eigenvalue weighted by atomic mass is 32.2. The molecule has 0 radical (unpaired) electrons. The molecule has 0 aliphatic carbocycles. The van der Waals surface area contributed by atoms with Crippen LogP contribution in [0.15, 0.2) is 52.7 Å². The van der Waals surface area contributed by atoms with Gasteiger partial charge in [-0.2, -0.15) is 13.2 Å². The molecule has 2 aromatic carbocycles. The van der Waals surface area contributed by atoms with Gasteiger partial charge in [-0.05, 0) is 56.7 Å². The Morgan fingerprint density at radius 2 is 1.74 bits per heavy atom. The molecule has 0 saturated carbocycles. The van der Waals surface area contributed by atoms with Crippen LogP contribution in [0.1, 0.15) is 25.0 Å². The van der Waals surface area contributed by atoms with Crippen LogP contribution in [0.5, 0.6) is 5.75 Å². The number of carboxylic acid groups (broad SMARTS) is 1. The number of aromatic nitrogens is 1. The maximum Gasteiger partial charge on any atom is 0.416 e. The van der Waals surface area contributed by atoms with Gasteiger partial charge in [0.2, 0.25) is 0 Å². The number of anilines is 1. The molecule has 0 atom stereocenters. The standard InChI is InChI=1S/C22H21F3N2O5S2/c1-13-11-16(9-10-18(13)32-21(2,3)19(28)29)34(30,31)27(4)20-26-17(12-33-20)14-5-7-15(8-6-14)22(23,24)25/h5-12H,1-4H3,(H,28,29). The highest BCUT2D eigenvalue weighted by Gasteiger charge is 2.31. The van der Waals surface area contributed by atoms with E-state index in [2.05, 4.69) is 4.98 Å². The smallest absolute Gasteiger partial charge is 0.416 e. The van der Waals surface area contributed by atoms with E-state index in [9.17, 15) is 31.5 Å². The number of benzene rings is 2. The number of nitrogens with zero attached hydrogens (tertiary/aromatic N) is 2. The lowest BCUT2D eigenvalue weighted by atomic mass is 10.1. The normalized spacial score (nSPS) is 12.4. The molecule has 12 heteroatoms. The summed E-state index contributed by atoms with van der Waals surface area (Å²) >= 11 is 1.03. The summed E-state index contributed by atoms with van der Waals surface area (Å²) in [5.74, 6) is -0.941. The maximum atomic E-state index is 13.1. The van der Waals surface area contributed by atoms with Crippen LogP contribution in [0.25, 0.3) is 11.3 Å². The molecule has 0 saturated heterocycles. The summed E-state index contributed by atoms with van der Waals surface area (Å²) in [7, 11) is -2.71. The lowest BCUT2D eigenvalue weighted by Crippen LogP contribution is -2.38. The van der Waals surface area contributed by atoms with Crippen LogP contribution in [-0.4, -0.2) is 37.1 Å². The Labute approximate surface area is 198 Å². The molecule has 0 fully saturated rings. The molecule has 182 valence electrons. The van der Waals surface area contributed by atoms with E-state index in [1.54, 1.807) is 12.3 Å². The van der Waals surface area contributed by atoms with Crippen molar-refractivity contribution in [2.75, 3.05) is 11.4 Å². The average molecular weight is 515 g/mol. The molecule has 0 amide bonds. The monoisotopic (exact) mass is 514 g/mol. The number of aliphatic carboxylic acids is 1. The minimum atomic E-state index is -4.46. The van der Waals surface area contributed by atoms with Gasteiger partial charge in [0.15, 0.2) is 10.7 Å². The summed E-state index contributed by atoms with van der Waals surface area (Å²) in [6.45, 7) is 4.35. The van der Waals surface area contributed by atoms with Crippen molar-refractivity contribution in [3.8, 4) is 17.0 Å². The van der Waals surface area contributed by atoms with Gasteiger partial charge in [0.1, 0.15) is 5.75 Å². The highest BCUT2D eigenvalue weighted by molar-refractivity contribution is 7.93. The third kappa shape index (κ3) is 5.17. The number of sulfonamides is 1. The Morgan fingerprint density at radius 3 is 2.26 bits per heavy atom. The van der Waals surface area contributed by atoms with Crippen LogP contribution in [0.2, 0.25) is 0 Å². The first-order valence-corrected chi connectivity index (χ1v) is 12.1. The van der Waals surface area contributed by atoms with Gasteiger partial charge in [-0.15, -0.1) is 11.3 Å². The van der Waals surface area contributed by atoms with E-state index in [-0.39, 0.29) is 15.8 Å². The van der Waals surface area contributed by atoms with Gasteiger partial charge in [0.05, 0.1) is 16.2 Å². The molecule has 0 bridgehead atoms. The molecule has 0 aliphatic heterocycles. The number of carbonyl (C=O) groups is 1. The summed E-state index contributed by atoms with van der Waals surface area (Å²) in [6, 6.07) is 8.48. The van der Waals surface area contributed by atoms with Crippen LogP contribution in [0.3, 0.4) is 0 Å². The van der Waals surface area contributed by atoms with Crippen molar-refractivity contribution in [2.24, 2.45) is 0 Å². The average Bonchev–Trinajstić information content (AvgIpc) is 3.24. The van der Waals surface area contributed by atoms with Crippen molar-refractivity contribution >= 4 is 32.5 Å². The minimum Gasteiger partial charge on any atom is -0.478 e. The molecular weight excluding hydrogens is 493 g/mol. The molecule has 1 N–H and O–H groups in total. The Hall–Kier alpha value is -3.12. The minimum absolute atomic E-state index is 0.0562. The molecule has 0 unspecified atom stereocenters. The maximum absolute atomic E-state index is 13.1. The van der Waals surface area contributed by atoms with Crippen LogP contribution in [-0.2, 0) is 21.0 Å². The largest absolute Gasteiger partial charge is 0.478 e. The number of thiazole rings is 1. The van der Waals surface area contributed by atoms with E-state index in [1.165, 1.54) is 51.2 Å². The summed E-state index contributed by atoms with van der Waals surface area (Å²) in [5, 5.41) is 10.9. The Balaban J connectivity index is 1.85. The molecular formula is C22H21F3N2O5S2. The van der Waals surface area contributed by atoms with E-state index in [1.807, 2.05) is 0 Å². The van der Waals surface area contributed by atoms with Gasteiger partial charge in [-0.1, -0.05) is 12.1 Å². The number of ether oxygens (including phenoxy) is 1. The number of hydrogen-bond acceptors (Lipinski definition) is 6. The molecule has 1 aromatic heterocycles. The fraction of sp³-hybridized carbons (Fsp3) is 0.273. The number of rotatable bonds is 7. The summed E-state index contributed by atoms with van der Waals surface area (Å²) in [5.41, 5.74) is -1.11. The van der Waals surface area contributed by atoms with Crippen molar-refractivity contribution in [3.05, 3.63) is 59.0 Å². The van der Waals surface area contributed by atoms with E-state index < -0.39 is 33.3 Å². The van der Waals surface area contributed by atoms with Crippen LogP contribution in [0, 0.1) is 6.92 Å². The summed E-state index contributed by atoms with van der Waals surface area (Å²) in [4.78, 5) is 15.5. The Morgan fingerprint density at radius 1 is 1.12 bits per heavy atom. The molecule has 1 heterocycles. The van der Waals surface area contributed by atoms with Crippen molar-refractivity contribution in [2.45, 2.75) is 37.4 Å². The first kappa shape index (κ1) is 25.5. The van der Waals surface area contributed by atoms with Gasteiger partial charge in [0.25, 0.3) is 10.0 Å². The van der Waals surface area contributed by atoms with Gasteiger partial charge in [0, 0.05) is 18.0 Å². The van der Waals surface area contributed by atoms with Crippen molar-refractivity contribution in [1.29, 1.82) is 0 Å². The predicted octanol–water partition coefficient (Wildman–Crippen LogP) is 5.20. The van der Waals surface area contributed by atoms with Crippen LogP contribution >= 0.6 is 11.3 Å². The predicted molar refractivity (Wildman–Crippen MR) is 122 cm³/mol. The van der Waals surface area contributed by atoms with Gasteiger partial charge in [-0.25, -0.2) is 22.5 Å². The van der Waals surface area contributed by atoms with Crippen molar-refractivity contribution in [3.63, 3.8) is 0 Å². The fourth-order valence-electron chi connectivity index (χ4n) is 2.85. The SMILES string of the molecule is Cc1cc(S(=O)(=O)N(C)c2nc(-c3ccc(C(F)(F)F)cc3)cs2)ccc1OC(C)(C)C(=O)O. The summed E-state index contributed by atoms with van der Waals surface area (Å²) < 4.78 is 71.0. The lowest BCUT2D eigenvalue weighted by molar-refractivity contribution is -0.152. The molecule has 3 rings (SSSR count). The third-order valence-corrected chi connectivity index (χ3v) is 7.73. The third-order valence-electron chi connectivity index (χ3n) is 4.95. The number of halogens is 3. The lowest BCUT2D eigenvalue weighted by Gasteiger charge is -2.23. The van der Waals surface area contributed by atoms with Crippen LogP contribution < -0.4 is 9.04 Å². The molecule has 7 nitrogen and oxygen atoms in total. The van der Waals surface area contributed by atoms with Gasteiger partial charge >= 0.3 is 12.1 Å². The number of alkyl halides is 3. The zero-order chi connectivity index (χ0) is 25.5. The highest BCUT2D eigenvalue weighted by Crippen LogP contribution is 2.34. The number of carboxylic acids is 1. The van der Waals surface area contributed by atoms with Crippen molar-refractivity contribution < 1.29 is 36.2 Å². The Bertz CT molecular complexity index is 1320. The summed E-state index contributed by atoms with van der Waals surface area (Å²) in [6.07, 6.45) is -4.46. The van der Waals surface area contributed by atoms with E-state index in [0.29, 0.717) is 16.8 Å². The van der Waals surface area contributed by atoms with Gasteiger partial charge < -0.3 is 9.84 Å². The number of aryl methyl sites for hydroxylation is 1. The molecule has 3 aromatic rings. The molecule has 0 aliphatic rings. The van der Waals surface area contributed by atoms with Crippen LogP contribution in [0.4, 0.5) is 18.3 Å². The second-order valence-corrected chi connectivity index (χ2v) is 10.7. The van der Waals surface area contributed by atoms with E-state index in [0.717, 1.165) is 27.8 Å². The molecule has 0 spiro atoms.